The SMILES string of the molecule is Cc1cccc(OC(C)CNC(=O)C2CCCC(N)C2)c1. The summed E-state index contributed by atoms with van der Waals surface area (Å²) < 4.78 is 5.81. The minimum Gasteiger partial charge on any atom is -0.489 e. The monoisotopic (exact) mass is 290 g/mol. The fourth-order valence-corrected chi connectivity index (χ4v) is 2.82. The second kappa shape index (κ2) is 7.46. The van der Waals surface area contributed by atoms with E-state index in [0.29, 0.717) is 6.54 Å². The van der Waals surface area contributed by atoms with Crippen molar-refractivity contribution in [2.75, 3.05) is 6.54 Å². The molecule has 1 aromatic carbocycles. The Kier molecular flexibility index (Phi) is 5.62. The van der Waals surface area contributed by atoms with Gasteiger partial charge in [0.1, 0.15) is 11.9 Å². The second-order valence-corrected chi connectivity index (χ2v) is 6.11. The maximum atomic E-state index is 12.1. The molecule has 1 amide bonds. The highest BCUT2D eigenvalue weighted by atomic mass is 16.5. The lowest BCUT2D eigenvalue weighted by atomic mass is 9.85. The largest absolute Gasteiger partial charge is 0.489 e. The zero-order chi connectivity index (χ0) is 15.2. The first-order valence-electron chi connectivity index (χ1n) is 7.81. The molecule has 3 unspecified atom stereocenters. The van der Waals surface area contributed by atoms with Crippen LogP contribution >= 0.6 is 0 Å². The first-order valence-corrected chi connectivity index (χ1v) is 7.81. The van der Waals surface area contributed by atoms with Crippen LogP contribution in [0, 0.1) is 12.8 Å². The summed E-state index contributed by atoms with van der Waals surface area (Å²) in [5.74, 6) is 1.03. The highest BCUT2D eigenvalue weighted by Gasteiger charge is 2.25. The number of benzene rings is 1. The summed E-state index contributed by atoms with van der Waals surface area (Å²) >= 11 is 0. The Morgan fingerprint density at radius 2 is 2.29 bits per heavy atom. The van der Waals surface area contributed by atoms with E-state index >= 15 is 0 Å². The molecule has 0 radical (unpaired) electrons. The fourth-order valence-electron chi connectivity index (χ4n) is 2.82. The minimum absolute atomic E-state index is 0.0481. The number of rotatable bonds is 5. The van der Waals surface area contributed by atoms with E-state index in [-0.39, 0.29) is 24.0 Å². The van der Waals surface area contributed by atoms with Gasteiger partial charge in [-0.25, -0.2) is 0 Å². The number of nitrogens with one attached hydrogen (secondary N) is 1. The summed E-state index contributed by atoms with van der Waals surface area (Å²) in [5.41, 5.74) is 7.10. The van der Waals surface area contributed by atoms with Crippen molar-refractivity contribution in [1.82, 2.24) is 5.32 Å². The number of nitrogens with two attached hydrogens (primary N) is 1. The van der Waals surface area contributed by atoms with Gasteiger partial charge in [-0.05, 0) is 50.8 Å². The van der Waals surface area contributed by atoms with Gasteiger partial charge in [-0.3, -0.25) is 4.79 Å². The van der Waals surface area contributed by atoms with Crippen LogP contribution in [-0.2, 0) is 4.79 Å². The van der Waals surface area contributed by atoms with Crippen LogP contribution in [0.1, 0.15) is 38.2 Å². The summed E-state index contributed by atoms with van der Waals surface area (Å²) in [6.07, 6.45) is 3.80. The summed E-state index contributed by atoms with van der Waals surface area (Å²) in [5, 5.41) is 2.99. The normalized spacial score (nSPS) is 23.4. The lowest BCUT2D eigenvalue weighted by Gasteiger charge is -2.26. The third-order valence-corrected chi connectivity index (χ3v) is 3.98. The van der Waals surface area contributed by atoms with Crippen molar-refractivity contribution in [2.45, 2.75) is 51.7 Å². The summed E-state index contributed by atoms with van der Waals surface area (Å²) in [7, 11) is 0. The van der Waals surface area contributed by atoms with Gasteiger partial charge < -0.3 is 15.8 Å². The predicted molar refractivity (Wildman–Crippen MR) is 84.2 cm³/mol. The molecule has 0 aromatic heterocycles. The Hall–Kier alpha value is -1.55. The first-order chi connectivity index (χ1) is 10.0. The molecule has 4 heteroatoms. The Morgan fingerprint density at radius 3 is 3.00 bits per heavy atom. The molecule has 0 aliphatic heterocycles. The first kappa shape index (κ1) is 15.8. The summed E-state index contributed by atoms with van der Waals surface area (Å²) in [6.45, 7) is 4.53. The molecule has 1 aliphatic carbocycles. The van der Waals surface area contributed by atoms with Gasteiger partial charge in [0.15, 0.2) is 0 Å². The maximum absolute atomic E-state index is 12.1. The van der Waals surface area contributed by atoms with Gasteiger partial charge in [-0.2, -0.15) is 0 Å². The van der Waals surface area contributed by atoms with Crippen molar-refractivity contribution in [2.24, 2.45) is 11.7 Å². The maximum Gasteiger partial charge on any atom is 0.223 e. The molecular weight excluding hydrogens is 264 g/mol. The fraction of sp³-hybridized carbons (Fsp3) is 0.588. The van der Waals surface area contributed by atoms with E-state index in [4.69, 9.17) is 10.5 Å². The molecule has 1 aliphatic rings. The number of aryl methyl sites for hydroxylation is 1. The zero-order valence-corrected chi connectivity index (χ0v) is 13.0. The summed E-state index contributed by atoms with van der Waals surface area (Å²) in [4.78, 5) is 12.1. The van der Waals surface area contributed by atoms with Crippen LogP contribution in [0.4, 0.5) is 0 Å². The molecule has 0 heterocycles. The van der Waals surface area contributed by atoms with Crippen LogP contribution in [0.25, 0.3) is 0 Å². The van der Waals surface area contributed by atoms with Crippen molar-refractivity contribution in [3.05, 3.63) is 29.8 Å². The van der Waals surface area contributed by atoms with E-state index in [2.05, 4.69) is 5.32 Å². The number of carbonyl (C=O) groups is 1. The van der Waals surface area contributed by atoms with Gasteiger partial charge >= 0.3 is 0 Å². The predicted octanol–water partition coefficient (Wildman–Crippen LogP) is 2.40. The lowest BCUT2D eigenvalue weighted by molar-refractivity contribution is -0.126. The van der Waals surface area contributed by atoms with E-state index < -0.39 is 0 Å². The van der Waals surface area contributed by atoms with Crippen LogP contribution in [0.3, 0.4) is 0 Å². The number of amides is 1. The summed E-state index contributed by atoms with van der Waals surface area (Å²) in [6, 6.07) is 8.12. The van der Waals surface area contributed by atoms with Crippen molar-refractivity contribution < 1.29 is 9.53 Å². The van der Waals surface area contributed by atoms with E-state index in [9.17, 15) is 4.79 Å². The number of hydrogen-bond donors (Lipinski definition) is 2. The Balaban J connectivity index is 1.75. The molecule has 0 saturated heterocycles. The molecule has 1 saturated carbocycles. The van der Waals surface area contributed by atoms with Crippen LogP contribution in [0.15, 0.2) is 24.3 Å². The third-order valence-electron chi connectivity index (χ3n) is 3.98. The Bertz CT molecular complexity index is 476. The second-order valence-electron chi connectivity index (χ2n) is 6.11. The smallest absolute Gasteiger partial charge is 0.223 e. The van der Waals surface area contributed by atoms with E-state index in [1.165, 1.54) is 5.56 Å². The van der Waals surface area contributed by atoms with Crippen LogP contribution in [0.5, 0.6) is 5.75 Å². The third kappa shape index (κ3) is 5.05. The molecule has 0 spiro atoms. The van der Waals surface area contributed by atoms with Crippen molar-refractivity contribution >= 4 is 5.91 Å². The average molecular weight is 290 g/mol. The highest BCUT2D eigenvalue weighted by Crippen LogP contribution is 2.23. The quantitative estimate of drug-likeness (QED) is 0.875. The molecule has 1 fully saturated rings. The molecule has 2 rings (SSSR count). The molecule has 3 N–H and O–H groups in total. The lowest BCUT2D eigenvalue weighted by Crippen LogP contribution is -2.41. The van der Waals surface area contributed by atoms with Gasteiger partial charge in [-0.1, -0.05) is 18.6 Å². The Labute approximate surface area is 127 Å². The van der Waals surface area contributed by atoms with E-state index in [1.807, 2.05) is 38.1 Å². The molecule has 4 nitrogen and oxygen atoms in total. The van der Waals surface area contributed by atoms with Crippen LogP contribution in [0.2, 0.25) is 0 Å². The molecule has 21 heavy (non-hydrogen) atoms. The average Bonchev–Trinajstić information content (AvgIpc) is 2.45. The van der Waals surface area contributed by atoms with E-state index in [1.54, 1.807) is 0 Å². The highest BCUT2D eigenvalue weighted by molar-refractivity contribution is 5.78. The van der Waals surface area contributed by atoms with Crippen molar-refractivity contribution in [1.29, 1.82) is 0 Å². The molecular formula is C17H26N2O2. The van der Waals surface area contributed by atoms with E-state index in [0.717, 1.165) is 31.4 Å². The zero-order valence-electron chi connectivity index (χ0n) is 13.0. The minimum atomic E-state index is -0.0481. The number of ether oxygens (including phenoxy) is 1. The number of carbonyl (C=O) groups excluding carboxylic acids is 1. The van der Waals surface area contributed by atoms with Crippen molar-refractivity contribution in [3.63, 3.8) is 0 Å². The standard InChI is InChI=1S/C17H26N2O2/c1-12-5-3-8-16(9-12)21-13(2)11-19-17(20)14-6-4-7-15(18)10-14/h3,5,8-9,13-15H,4,6-7,10-11,18H2,1-2H3,(H,19,20). The van der Waals surface area contributed by atoms with Gasteiger partial charge in [0, 0.05) is 12.0 Å². The molecule has 1 aromatic rings. The molecule has 3 atom stereocenters. The number of hydrogen-bond acceptors (Lipinski definition) is 3. The molecule has 116 valence electrons. The van der Waals surface area contributed by atoms with Gasteiger partial charge in [-0.15, -0.1) is 0 Å². The van der Waals surface area contributed by atoms with Gasteiger partial charge in [0.2, 0.25) is 5.91 Å². The van der Waals surface area contributed by atoms with Crippen molar-refractivity contribution in [3.8, 4) is 5.75 Å². The van der Waals surface area contributed by atoms with Crippen LogP contribution < -0.4 is 15.8 Å². The van der Waals surface area contributed by atoms with Gasteiger partial charge in [0.05, 0.1) is 6.54 Å². The molecule has 0 bridgehead atoms. The van der Waals surface area contributed by atoms with Crippen LogP contribution in [-0.4, -0.2) is 24.6 Å². The Morgan fingerprint density at radius 1 is 1.48 bits per heavy atom. The van der Waals surface area contributed by atoms with Gasteiger partial charge in [0.25, 0.3) is 0 Å². The topological polar surface area (TPSA) is 64.3 Å².